The van der Waals surface area contributed by atoms with Gasteiger partial charge in [0.1, 0.15) is 13.2 Å². The second kappa shape index (κ2) is 8.57. The maximum atomic E-state index is 11.1. The first-order chi connectivity index (χ1) is 7.64. The van der Waals surface area contributed by atoms with Gasteiger partial charge in [0.05, 0.1) is 19.6 Å². The van der Waals surface area contributed by atoms with E-state index in [0.717, 1.165) is 17.6 Å². The first kappa shape index (κ1) is 15.4. The average molecular weight is 230 g/mol. The highest BCUT2D eigenvalue weighted by atomic mass is 16.5. The summed E-state index contributed by atoms with van der Waals surface area (Å²) in [7, 11) is 0. The minimum absolute atomic E-state index is 0.0813. The van der Waals surface area contributed by atoms with Crippen molar-refractivity contribution in [2.24, 2.45) is 0 Å². The van der Waals surface area contributed by atoms with Gasteiger partial charge < -0.3 is 9.22 Å². The minimum Gasteiger partial charge on any atom is -0.460 e. The third-order valence-electron chi connectivity index (χ3n) is 3.18. The summed E-state index contributed by atoms with van der Waals surface area (Å²) < 4.78 is 6.27. The summed E-state index contributed by atoms with van der Waals surface area (Å²) in [5.74, 6) is -0.0813. The van der Waals surface area contributed by atoms with Gasteiger partial charge >= 0.3 is 5.97 Å². The van der Waals surface area contributed by atoms with Crippen molar-refractivity contribution in [1.29, 1.82) is 0 Å². The molecule has 16 heavy (non-hydrogen) atoms. The topological polar surface area (TPSA) is 26.3 Å². The number of hydrogen-bond acceptors (Lipinski definition) is 2. The van der Waals surface area contributed by atoms with E-state index in [0.29, 0.717) is 13.0 Å². The van der Waals surface area contributed by atoms with Crippen LogP contribution >= 0.6 is 0 Å². The molecule has 0 radical (unpaired) electrons. The first-order valence-corrected chi connectivity index (χ1v) is 6.64. The smallest absolute Gasteiger partial charge is 0.305 e. The van der Waals surface area contributed by atoms with Crippen molar-refractivity contribution >= 4 is 5.97 Å². The molecule has 3 heteroatoms. The zero-order valence-electron chi connectivity index (χ0n) is 11.4. The largest absolute Gasteiger partial charge is 0.460 e. The summed E-state index contributed by atoms with van der Waals surface area (Å²) in [6, 6.07) is 0. The highest BCUT2D eigenvalue weighted by Gasteiger charge is 2.23. The van der Waals surface area contributed by atoms with Gasteiger partial charge in [0.15, 0.2) is 0 Å². The summed E-state index contributed by atoms with van der Waals surface area (Å²) in [5.41, 5.74) is 0. The molecule has 0 unspecified atom stereocenters. The van der Waals surface area contributed by atoms with Crippen molar-refractivity contribution in [2.75, 3.05) is 32.8 Å². The van der Waals surface area contributed by atoms with Gasteiger partial charge in [-0.2, -0.15) is 0 Å². The lowest BCUT2D eigenvalue weighted by molar-refractivity contribution is -0.926. The van der Waals surface area contributed by atoms with Gasteiger partial charge in [-0.05, 0) is 19.8 Å². The molecule has 0 spiro atoms. The summed E-state index contributed by atoms with van der Waals surface area (Å²) in [6.07, 6.45) is 2.86. The summed E-state index contributed by atoms with van der Waals surface area (Å²) in [5, 5.41) is 0. The van der Waals surface area contributed by atoms with Gasteiger partial charge in [-0.25, -0.2) is 0 Å². The van der Waals surface area contributed by atoms with Crippen molar-refractivity contribution < 1.29 is 14.0 Å². The number of likely N-dealkylation sites (N-methyl/N-ethyl adjacent to an activating group) is 1. The van der Waals surface area contributed by atoms with Gasteiger partial charge in [0.25, 0.3) is 0 Å². The molecule has 0 aliphatic carbocycles. The van der Waals surface area contributed by atoms with Crippen LogP contribution in [0.4, 0.5) is 0 Å². The number of hydrogen-bond donors (Lipinski definition) is 0. The minimum atomic E-state index is -0.0813. The van der Waals surface area contributed by atoms with E-state index < -0.39 is 0 Å². The number of rotatable bonds is 9. The van der Waals surface area contributed by atoms with Crippen LogP contribution in [0, 0.1) is 0 Å². The third-order valence-corrected chi connectivity index (χ3v) is 3.18. The maximum Gasteiger partial charge on any atom is 0.305 e. The molecule has 0 amide bonds. The van der Waals surface area contributed by atoms with Crippen LogP contribution in [0.25, 0.3) is 0 Å². The quantitative estimate of drug-likeness (QED) is 0.449. The van der Waals surface area contributed by atoms with Crippen molar-refractivity contribution in [3.05, 3.63) is 0 Å². The fraction of sp³-hybridized carbons (Fsp3) is 0.923. The number of quaternary nitrogens is 1. The van der Waals surface area contributed by atoms with Crippen molar-refractivity contribution in [3.63, 3.8) is 0 Å². The summed E-state index contributed by atoms with van der Waals surface area (Å²) in [4.78, 5) is 11.1. The van der Waals surface area contributed by atoms with Crippen molar-refractivity contribution in [2.45, 2.75) is 47.0 Å². The zero-order valence-corrected chi connectivity index (χ0v) is 11.4. The monoisotopic (exact) mass is 230 g/mol. The molecule has 0 aromatic rings. The Bertz CT molecular complexity index is 186. The van der Waals surface area contributed by atoms with Crippen LogP contribution in [-0.4, -0.2) is 43.2 Å². The SMILES string of the molecule is CCC[N+](CC)(CCC)CCOC(=O)CC. The summed E-state index contributed by atoms with van der Waals surface area (Å²) in [6.45, 7) is 13.5. The van der Waals surface area contributed by atoms with Gasteiger partial charge in [-0.3, -0.25) is 4.79 Å². The highest BCUT2D eigenvalue weighted by molar-refractivity contribution is 5.68. The molecule has 0 N–H and O–H groups in total. The van der Waals surface area contributed by atoms with E-state index in [1.165, 1.54) is 25.9 Å². The molecule has 0 atom stereocenters. The Balaban J connectivity index is 4.13. The van der Waals surface area contributed by atoms with Crippen LogP contribution in [-0.2, 0) is 9.53 Å². The Morgan fingerprint density at radius 1 is 1.00 bits per heavy atom. The Labute approximate surface area is 100 Å². The highest BCUT2D eigenvalue weighted by Crippen LogP contribution is 2.09. The molecular formula is C13H28NO2+. The van der Waals surface area contributed by atoms with Crippen LogP contribution in [0.2, 0.25) is 0 Å². The number of carbonyl (C=O) groups is 1. The Morgan fingerprint density at radius 2 is 1.56 bits per heavy atom. The average Bonchev–Trinajstić information content (AvgIpc) is 2.29. The van der Waals surface area contributed by atoms with Gasteiger partial charge in [0.2, 0.25) is 0 Å². The predicted molar refractivity (Wildman–Crippen MR) is 67.2 cm³/mol. The molecule has 0 saturated heterocycles. The maximum absolute atomic E-state index is 11.1. The lowest BCUT2D eigenvalue weighted by Crippen LogP contribution is -2.51. The van der Waals surface area contributed by atoms with E-state index in [9.17, 15) is 4.79 Å². The van der Waals surface area contributed by atoms with Gasteiger partial charge in [-0.1, -0.05) is 20.8 Å². The molecule has 0 aliphatic rings. The second-order valence-corrected chi connectivity index (χ2v) is 4.40. The third kappa shape index (κ3) is 5.50. The molecule has 0 saturated carbocycles. The fourth-order valence-corrected chi connectivity index (χ4v) is 2.21. The van der Waals surface area contributed by atoms with Crippen LogP contribution < -0.4 is 0 Å². The molecule has 3 nitrogen and oxygen atoms in total. The molecule has 96 valence electrons. The van der Waals surface area contributed by atoms with E-state index >= 15 is 0 Å². The van der Waals surface area contributed by atoms with Crippen LogP contribution in [0.3, 0.4) is 0 Å². The van der Waals surface area contributed by atoms with E-state index in [1.54, 1.807) is 0 Å². The molecule has 0 fully saturated rings. The molecule has 0 aromatic carbocycles. The second-order valence-electron chi connectivity index (χ2n) is 4.40. The molecule has 0 aromatic heterocycles. The number of nitrogens with zero attached hydrogens (tertiary/aromatic N) is 1. The van der Waals surface area contributed by atoms with Crippen LogP contribution in [0.5, 0.6) is 0 Å². The normalized spacial score (nSPS) is 11.5. The first-order valence-electron chi connectivity index (χ1n) is 6.64. The summed E-state index contributed by atoms with van der Waals surface area (Å²) >= 11 is 0. The fourth-order valence-electron chi connectivity index (χ4n) is 2.21. The van der Waals surface area contributed by atoms with E-state index in [1.807, 2.05) is 6.92 Å². The number of esters is 1. The van der Waals surface area contributed by atoms with E-state index in [2.05, 4.69) is 20.8 Å². The number of ether oxygens (including phenoxy) is 1. The van der Waals surface area contributed by atoms with Crippen molar-refractivity contribution in [3.8, 4) is 0 Å². The lowest BCUT2D eigenvalue weighted by Gasteiger charge is -2.37. The standard InChI is InChI=1S/C13H28NO2/c1-5-9-14(8-4,10-6-2)11-12-16-13(15)7-3/h5-12H2,1-4H3/q+1. The van der Waals surface area contributed by atoms with Crippen LogP contribution in [0.15, 0.2) is 0 Å². The number of carbonyl (C=O) groups excluding carboxylic acids is 1. The Kier molecular flexibility index (Phi) is 8.26. The van der Waals surface area contributed by atoms with Gasteiger partial charge in [0, 0.05) is 6.42 Å². The molecule has 0 rings (SSSR count). The molecular weight excluding hydrogens is 202 g/mol. The molecule has 0 aliphatic heterocycles. The Hall–Kier alpha value is -0.570. The predicted octanol–water partition coefficient (Wildman–Crippen LogP) is 2.60. The van der Waals surface area contributed by atoms with Crippen molar-refractivity contribution in [1.82, 2.24) is 0 Å². The molecule has 0 bridgehead atoms. The van der Waals surface area contributed by atoms with Gasteiger partial charge in [-0.15, -0.1) is 0 Å². The van der Waals surface area contributed by atoms with Crippen LogP contribution in [0.1, 0.15) is 47.0 Å². The Morgan fingerprint density at radius 3 is 1.94 bits per heavy atom. The lowest BCUT2D eigenvalue weighted by atomic mass is 10.2. The zero-order chi connectivity index (χ0) is 12.4. The van der Waals surface area contributed by atoms with E-state index in [4.69, 9.17) is 4.74 Å². The molecule has 0 heterocycles. The van der Waals surface area contributed by atoms with E-state index in [-0.39, 0.29) is 5.97 Å².